The molecule has 2 heterocycles. The Balaban J connectivity index is 1.26. The summed E-state index contributed by atoms with van der Waals surface area (Å²) in [7, 11) is 1.71. The first-order valence-electron chi connectivity index (χ1n) is 13.7. The zero-order valence-corrected chi connectivity index (χ0v) is 22.1. The minimum Gasteiger partial charge on any atom is -0.375 e. The predicted octanol–water partition coefficient (Wildman–Crippen LogP) is 5.29. The maximum Gasteiger partial charge on any atom is 0.405 e. The van der Waals surface area contributed by atoms with Gasteiger partial charge in [0.05, 0.1) is 18.2 Å². The fourth-order valence-electron chi connectivity index (χ4n) is 5.94. The lowest BCUT2D eigenvalue weighted by atomic mass is 9.77. The van der Waals surface area contributed by atoms with Crippen molar-refractivity contribution in [2.75, 3.05) is 20.2 Å². The number of fused-ring (bicyclic) bond motifs is 2. The zero-order valence-electron chi connectivity index (χ0n) is 22.1. The van der Waals surface area contributed by atoms with Crippen LogP contribution in [-0.2, 0) is 17.8 Å². The molecule has 2 aromatic rings. The molecule has 6 rings (SSSR count). The Labute approximate surface area is 222 Å². The van der Waals surface area contributed by atoms with Crippen molar-refractivity contribution in [2.24, 2.45) is 5.92 Å². The average molecular weight is 527 g/mol. The Morgan fingerprint density at radius 2 is 1.79 bits per heavy atom. The van der Waals surface area contributed by atoms with E-state index >= 15 is 0 Å². The summed E-state index contributed by atoms with van der Waals surface area (Å²) in [4.78, 5) is 1.46. The van der Waals surface area contributed by atoms with Gasteiger partial charge in [-0.25, -0.2) is 0 Å². The lowest BCUT2D eigenvalue weighted by molar-refractivity contribution is -0.147. The van der Waals surface area contributed by atoms with Crippen LogP contribution in [0.5, 0.6) is 0 Å². The molecule has 3 atom stereocenters. The lowest BCUT2D eigenvalue weighted by Gasteiger charge is -2.41. The van der Waals surface area contributed by atoms with E-state index < -0.39 is 18.3 Å². The van der Waals surface area contributed by atoms with Gasteiger partial charge in [-0.15, -0.1) is 0 Å². The van der Waals surface area contributed by atoms with E-state index in [0.29, 0.717) is 25.2 Å². The van der Waals surface area contributed by atoms with Crippen LogP contribution < -0.4 is 10.6 Å². The van der Waals surface area contributed by atoms with Crippen molar-refractivity contribution >= 4 is 10.9 Å². The third-order valence-electron chi connectivity index (χ3n) is 8.51. The quantitative estimate of drug-likeness (QED) is 0.417. The lowest BCUT2D eigenvalue weighted by Crippen LogP contribution is -2.48. The highest BCUT2D eigenvalue weighted by Gasteiger charge is 2.48. The van der Waals surface area contributed by atoms with Crippen LogP contribution in [0.3, 0.4) is 0 Å². The van der Waals surface area contributed by atoms with Crippen molar-refractivity contribution in [1.82, 2.24) is 20.1 Å². The van der Waals surface area contributed by atoms with Gasteiger partial charge in [0.2, 0.25) is 0 Å². The van der Waals surface area contributed by atoms with Crippen LogP contribution in [0.1, 0.15) is 38.2 Å². The van der Waals surface area contributed by atoms with E-state index in [-0.39, 0.29) is 12.0 Å². The number of hydrogen-bond donors (Lipinski definition) is 2. The van der Waals surface area contributed by atoms with Gasteiger partial charge in [0.25, 0.3) is 0 Å². The van der Waals surface area contributed by atoms with Gasteiger partial charge >= 0.3 is 6.18 Å². The van der Waals surface area contributed by atoms with Crippen molar-refractivity contribution < 1.29 is 17.9 Å². The molecular weight excluding hydrogens is 489 g/mol. The summed E-state index contributed by atoms with van der Waals surface area (Å²) in [6.07, 6.45) is 10.3. The molecule has 2 saturated carbocycles. The van der Waals surface area contributed by atoms with E-state index in [1.165, 1.54) is 34.2 Å². The molecule has 0 amide bonds. The van der Waals surface area contributed by atoms with Crippen LogP contribution in [0, 0.1) is 5.92 Å². The third kappa shape index (κ3) is 5.31. The second kappa shape index (κ2) is 9.88. The van der Waals surface area contributed by atoms with Gasteiger partial charge in [-0.05, 0) is 55.4 Å². The maximum atomic E-state index is 13.5. The molecule has 5 nitrogen and oxygen atoms in total. The van der Waals surface area contributed by atoms with Crippen LogP contribution in [0.2, 0.25) is 0 Å². The molecule has 1 aromatic heterocycles. The molecule has 0 bridgehead atoms. The van der Waals surface area contributed by atoms with Gasteiger partial charge in [0.15, 0.2) is 0 Å². The number of hydrogen-bond acceptors (Lipinski definition) is 4. The Kier molecular flexibility index (Phi) is 6.69. The zero-order chi connectivity index (χ0) is 26.5. The number of para-hydroxylation sites is 1. The Morgan fingerprint density at radius 1 is 1.08 bits per heavy atom. The van der Waals surface area contributed by atoms with E-state index in [1.54, 1.807) is 13.3 Å². The number of aromatic nitrogens is 1. The van der Waals surface area contributed by atoms with E-state index in [0.717, 1.165) is 30.5 Å². The van der Waals surface area contributed by atoms with E-state index in [4.69, 9.17) is 4.74 Å². The Bertz CT molecular complexity index is 1270. The standard InChI is InChI=1S/C30H37F3N4O/c1-29-12-11-20(13-26(29)22(15-35-24-9-10-24)17-37(29)19-30(31,32)33)28(38-2)18-36-16-21(14-34-23-7-8-23)25-5-3-4-6-27(25)36/h3-6,11-13,16-17,23-24,26,28,34-35H,7-10,14-15,18-19H2,1-2H3. The number of ether oxygens (including phenoxy) is 1. The molecule has 4 aliphatic rings. The summed E-state index contributed by atoms with van der Waals surface area (Å²) >= 11 is 0. The van der Waals surface area contributed by atoms with Crippen molar-refractivity contribution in [1.29, 1.82) is 0 Å². The number of alkyl halides is 3. The van der Waals surface area contributed by atoms with Gasteiger partial charge in [0.1, 0.15) is 6.54 Å². The van der Waals surface area contributed by atoms with E-state index in [2.05, 4.69) is 51.7 Å². The SMILES string of the molecule is COC(Cn1cc(CNC2CC2)c2ccccc21)C1=CC2C(CNC3CC3)=CN(CC(F)(F)F)C2(C)C=C1. The van der Waals surface area contributed by atoms with Crippen LogP contribution >= 0.6 is 0 Å². The minimum absolute atomic E-state index is 0.145. The van der Waals surface area contributed by atoms with Gasteiger partial charge in [-0.3, -0.25) is 0 Å². The smallest absolute Gasteiger partial charge is 0.375 e. The van der Waals surface area contributed by atoms with E-state index in [1.807, 2.05) is 19.1 Å². The fraction of sp³-hybridized carbons (Fsp3) is 0.533. The van der Waals surface area contributed by atoms with Crippen LogP contribution in [0.4, 0.5) is 13.2 Å². The van der Waals surface area contributed by atoms with Crippen LogP contribution in [0.15, 0.2) is 66.0 Å². The summed E-state index contributed by atoms with van der Waals surface area (Å²) in [5, 5.41) is 8.37. The molecule has 0 saturated heterocycles. The minimum atomic E-state index is -4.27. The summed E-state index contributed by atoms with van der Waals surface area (Å²) in [5.74, 6) is -0.145. The predicted molar refractivity (Wildman–Crippen MR) is 144 cm³/mol. The van der Waals surface area contributed by atoms with Gasteiger partial charge in [0, 0.05) is 61.5 Å². The molecule has 1 aliphatic heterocycles. The van der Waals surface area contributed by atoms with Gasteiger partial charge in [-0.2, -0.15) is 13.2 Å². The number of nitrogens with zero attached hydrogens (tertiary/aromatic N) is 2. The summed E-state index contributed by atoms with van der Waals surface area (Å²) in [6, 6.07) is 9.56. The molecule has 0 radical (unpaired) electrons. The summed E-state index contributed by atoms with van der Waals surface area (Å²) in [5.41, 5.74) is 3.70. The second-order valence-electron chi connectivity index (χ2n) is 11.5. The second-order valence-corrected chi connectivity index (χ2v) is 11.5. The molecule has 3 aliphatic carbocycles. The first-order chi connectivity index (χ1) is 18.2. The largest absolute Gasteiger partial charge is 0.405 e. The highest BCUT2D eigenvalue weighted by Crippen LogP contribution is 2.45. The van der Waals surface area contributed by atoms with Crippen LogP contribution in [0.25, 0.3) is 10.9 Å². The molecule has 0 spiro atoms. The molecule has 38 heavy (non-hydrogen) atoms. The molecule has 8 heteroatoms. The number of halogens is 3. The maximum absolute atomic E-state index is 13.5. The van der Waals surface area contributed by atoms with Crippen LogP contribution in [-0.4, -0.2) is 59.6 Å². The summed E-state index contributed by atoms with van der Waals surface area (Å²) < 4.78 is 48.7. The van der Waals surface area contributed by atoms with Crippen molar-refractivity contribution in [3.8, 4) is 0 Å². The number of nitrogens with one attached hydrogen (secondary N) is 2. The van der Waals surface area contributed by atoms with Crippen molar-refractivity contribution in [3.05, 3.63) is 71.6 Å². The molecule has 1 aromatic carbocycles. The van der Waals surface area contributed by atoms with Crippen molar-refractivity contribution in [2.45, 2.75) is 75.6 Å². The fourth-order valence-corrected chi connectivity index (χ4v) is 5.94. The molecule has 3 unspecified atom stereocenters. The Hall–Kier alpha value is -2.55. The highest BCUT2D eigenvalue weighted by atomic mass is 19.4. The highest BCUT2D eigenvalue weighted by molar-refractivity contribution is 5.84. The molecule has 2 fully saturated rings. The number of rotatable bonds is 11. The average Bonchev–Trinajstić information content (AvgIpc) is 3.82. The number of benzene rings is 1. The third-order valence-corrected chi connectivity index (χ3v) is 8.51. The van der Waals surface area contributed by atoms with Crippen molar-refractivity contribution in [3.63, 3.8) is 0 Å². The number of methoxy groups -OCH3 is 1. The van der Waals surface area contributed by atoms with E-state index in [9.17, 15) is 13.2 Å². The van der Waals surface area contributed by atoms with Gasteiger partial charge in [-0.1, -0.05) is 36.4 Å². The normalized spacial score (nSPS) is 26.0. The summed E-state index contributed by atoms with van der Waals surface area (Å²) in [6.45, 7) is 3.03. The molecule has 204 valence electrons. The molecular formula is C30H37F3N4O. The van der Waals surface area contributed by atoms with Gasteiger partial charge < -0.3 is 24.8 Å². The first kappa shape index (κ1) is 25.7. The first-order valence-corrected chi connectivity index (χ1v) is 13.7. The Morgan fingerprint density at radius 3 is 2.47 bits per heavy atom. The monoisotopic (exact) mass is 526 g/mol. The molecule has 2 N–H and O–H groups in total. The topological polar surface area (TPSA) is 41.5 Å².